The molecular weight excluding hydrogens is 342 g/mol. The number of rotatable bonds is 5. The monoisotopic (exact) mass is 355 g/mol. The number of aromatic nitrogens is 2. The maximum absolute atomic E-state index is 12.3. The number of hydrogen-bond acceptors (Lipinski definition) is 3. The van der Waals surface area contributed by atoms with Gasteiger partial charge in [0.05, 0.1) is 11.0 Å². The fourth-order valence-electron chi connectivity index (χ4n) is 2.28. The molecule has 21 heavy (non-hydrogen) atoms. The highest BCUT2D eigenvalue weighted by Gasteiger charge is 2.25. The number of hydrogen-bond donors (Lipinski definition) is 2. The summed E-state index contributed by atoms with van der Waals surface area (Å²) in [6.45, 7) is 0. The van der Waals surface area contributed by atoms with E-state index >= 15 is 0 Å². The standard InChI is InChI=1S/C13H14BrN3O4/c1-16-8-3-2-7(14)6-10(8)17(13(16)21)9(12(19)20)4-5-11(15)18/h2-3,6,9H,4-5H2,1H3,(H2,15,18)(H,19,20). The van der Waals surface area contributed by atoms with Gasteiger partial charge in [-0.15, -0.1) is 0 Å². The summed E-state index contributed by atoms with van der Waals surface area (Å²) in [4.78, 5) is 34.7. The summed E-state index contributed by atoms with van der Waals surface area (Å²) in [6, 6.07) is 4.04. The molecule has 0 spiro atoms. The summed E-state index contributed by atoms with van der Waals surface area (Å²) in [7, 11) is 1.57. The smallest absolute Gasteiger partial charge is 0.329 e. The number of carbonyl (C=O) groups is 2. The number of amides is 1. The highest BCUT2D eigenvalue weighted by molar-refractivity contribution is 9.10. The number of benzene rings is 1. The molecule has 0 aliphatic heterocycles. The molecule has 1 atom stereocenters. The molecule has 1 heterocycles. The van der Waals surface area contributed by atoms with Crippen LogP contribution < -0.4 is 11.4 Å². The van der Waals surface area contributed by atoms with E-state index in [0.29, 0.717) is 11.0 Å². The lowest BCUT2D eigenvalue weighted by Crippen LogP contribution is -2.31. The molecule has 1 aromatic heterocycles. The maximum atomic E-state index is 12.3. The Morgan fingerprint density at radius 2 is 2.05 bits per heavy atom. The summed E-state index contributed by atoms with van der Waals surface area (Å²) in [5.74, 6) is -1.78. The van der Waals surface area contributed by atoms with E-state index in [9.17, 15) is 19.5 Å². The molecule has 1 amide bonds. The van der Waals surface area contributed by atoms with Crippen LogP contribution in [0.2, 0.25) is 0 Å². The molecule has 0 saturated carbocycles. The molecule has 0 aliphatic rings. The largest absolute Gasteiger partial charge is 0.480 e. The van der Waals surface area contributed by atoms with Crippen molar-refractivity contribution in [2.45, 2.75) is 18.9 Å². The van der Waals surface area contributed by atoms with Crippen molar-refractivity contribution in [1.29, 1.82) is 0 Å². The summed E-state index contributed by atoms with van der Waals surface area (Å²) in [5, 5.41) is 9.37. The van der Waals surface area contributed by atoms with E-state index in [1.807, 2.05) is 0 Å². The molecular formula is C13H14BrN3O4. The quantitative estimate of drug-likeness (QED) is 0.833. The number of carbonyl (C=O) groups excluding carboxylic acids is 1. The predicted octanol–water partition coefficient (Wildman–Crippen LogP) is 0.994. The van der Waals surface area contributed by atoms with Gasteiger partial charge in [0.25, 0.3) is 0 Å². The Labute approximate surface area is 128 Å². The van der Waals surface area contributed by atoms with E-state index in [1.54, 1.807) is 25.2 Å². The number of fused-ring (bicyclic) bond motifs is 1. The van der Waals surface area contributed by atoms with Crippen LogP contribution in [0.3, 0.4) is 0 Å². The molecule has 0 bridgehead atoms. The molecule has 0 saturated heterocycles. The van der Waals surface area contributed by atoms with Crippen molar-refractivity contribution in [2.75, 3.05) is 0 Å². The van der Waals surface area contributed by atoms with Gasteiger partial charge in [0.15, 0.2) is 0 Å². The number of aliphatic carboxylic acids is 1. The number of aryl methyl sites for hydroxylation is 1. The molecule has 8 heteroatoms. The number of carboxylic acid groups (broad SMARTS) is 1. The topological polar surface area (TPSA) is 107 Å². The van der Waals surface area contributed by atoms with Gasteiger partial charge in [-0.2, -0.15) is 0 Å². The first-order valence-electron chi connectivity index (χ1n) is 6.20. The zero-order chi connectivity index (χ0) is 15.7. The third-order valence-corrected chi connectivity index (χ3v) is 3.81. The van der Waals surface area contributed by atoms with Crippen LogP contribution in [-0.2, 0) is 16.6 Å². The van der Waals surface area contributed by atoms with Crippen LogP contribution in [0.5, 0.6) is 0 Å². The lowest BCUT2D eigenvalue weighted by Gasteiger charge is -2.13. The summed E-state index contributed by atoms with van der Waals surface area (Å²) in [6.07, 6.45) is -0.135. The molecule has 2 rings (SSSR count). The number of primary amides is 1. The average Bonchev–Trinajstić information content (AvgIpc) is 2.63. The highest BCUT2D eigenvalue weighted by Crippen LogP contribution is 2.23. The molecule has 0 aliphatic carbocycles. The normalized spacial score (nSPS) is 12.5. The van der Waals surface area contributed by atoms with Gasteiger partial charge in [0.1, 0.15) is 6.04 Å². The van der Waals surface area contributed by atoms with Gasteiger partial charge in [-0.25, -0.2) is 9.59 Å². The van der Waals surface area contributed by atoms with Gasteiger partial charge in [-0.05, 0) is 24.6 Å². The van der Waals surface area contributed by atoms with Gasteiger partial charge in [0, 0.05) is 17.9 Å². The van der Waals surface area contributed by atoms with E-state index in [1.165, 1.54) is 9.13 Å². The second-order valence-electron chi connectivity index (χ2n) is 4.70. The number of carboxylic acids is 1. The summed E-state index contributed by atoms with van der Waals surface area (Å²) < 4.78 is 3.29. The van der Waals surface area contributed by atoms with Crippen molar-refractivity contribution in [3.63, 3.8) is 0 Å². The Morgan fingerprint density at radius 1 is 1.38 bits per heavy atom. The van der Waals surface area contributed by atoms with Crippen LogP contribution >= 0.6 is 15.9 Å². The van der Waals surface area contributed by atoms with Gasteiger partial charge in [0.2, 0.25) is 5.91 Å². The van der Waals surface area contributed by atoms with E-state index in [2.05, 4.69) is 15.9 Å². The fourth-order valence-corrected chi connectivity index (χ4v) is 2.63. The van der Waals surface area contributed by atoms with Crippen molar-refractivity contribution in [2.24, 2.45) is 12.8 Å². The second kappa shape index (κ2) is 5.72. The van der Waals surface area contributed by atoms with Crippen molar-refractivity contribution in [3.8, 4) is 0 Å². The fraction of sp³-hybridized carbons (Fsp3) is 0.308. The molecule has 0 radical (unpaired) electrons. The van der Waals surface area contributed by atoms with E-state index in [4.69, 9.17) is 5.73 Å². The van der Waals surface area contributed by atoms with Gasteiger partial charge in [-0.3, -0.25) is 13.9 Å². The van der Waals surface area contributed by atoms with Crippen molar-refractivity contribution >= 4 is 38.8 Å². The zero-order valence-corrected chi connectivity index (χ0v) is 12.8. The first-order chi connectivity index (χ1) is 9.82. The molecule has 1 unspecified atom stereocenters. The number of halogens is 1. The molecule has 7 nitrogen and oxygen atoms in total. The van der Waals surface area contributed by atoms with Crippen molar-refractivity contribution < 1.29 is 14.7 Å². The maximum Gasteiger partial charge on any atom is 0.329 e. The second-order valence-corrected chi connectivity index (χ2v) is 5.62. The van der Waals surface area contributed by atoms with E-state index in [-0.39, 0.29) is 12.8 Å². The number of nitrogens with zero attached hydrogens (tertiary/aromatic N) is 2. The summed E-state index contributed by atoms with van der Waals surface area (Å²) >= 11 is 3.30. The first-order valence-corrected chi connectivity index (χ1v) is 6.99. The Balaban J connectivity index is 2.64. The Morgan fingerprint density at radius 3 is 2.62 bits per heavy atom. The predicted molar refractivity (Wildman–Crippen MR) is 80.0 cm³/mol. The minimum atomic E-state index is -1.18. The van der Waals surface area contributed by atoms with Crippen molar-refractivity contribution in [1.82, 2.24) is 9.13 Å². The van der Waals surface area contributed by atoms with Crippen LogP contribution in [0.1, 0.15) is 18.9 Å². The van der Waals surface area contributed by atoms with Crippen LogP contribution in [0.4, 0.5) is 0 Å². The third-order valence-electron chi connectivity index (χ3n) is 3.31. The average molecular weight is 356 g/mol. The van der Waals surface area contributed by atoms with Crippen molar-refractivity contribution in [3.05, 3.63) is 33.2 Å². The van der Waals surface area contributed by atoms with E-state index < -0.39 is 23.6 Å². The van der Waals surface area contributed by atoms with E-state index in [0.717, 1.165) is 4.47 Å². The molecule has 3 N–H and O–H groups in total. The third kappa shape index (κ3) is 2.85. The lowest BCUT2D eigenvalue weighted by molar-refractivity contribution is -0.141. The minimum Gasteiger partial charge on any atom is -0.480 e. The molecule has 112 valence electrons. The summed E-state index contributed by atoms with van der Waals surface area (Å²) in [5.41, 5.74) is 5.74. The lowest BCUT2D eigenvalue weighted by atomic mass is 10.1. The highest BCUT2D eigenvalue weighted by atomic mass is 79.9. The van der Waals surface area contributed by atoms with Gasteiger partial charge < -0.3 is 10.8 Å². The van der Waals surface area contributed by atoms with Crippen LogP contribution in [0.25, 0.3) is 11.0 Å². The number of nitrogens with two attached hydrogens (primary N) is 1. The van der Waals surface area contributed by atoms with Gasteiger partial charge in [-0.1, -0.05) is 15.9 Å². The molecule has 0 fully saturated rings. The first kappa shape index (κ1) is 15.3. The van der Waals surface area contributed by atoms with Crippen LogP contribution in [0, 0.1) is 0 Å². The minimum absolute atomic E-state index is 0.0315. The van der Waals surface area contributed by atoms with Crippen LogP contribution in [0.15, 0.2) is 27.5 Å². The zero-order valence-electron chi connectivity index (χ0n) is 11.2. The molecule has 2 aromatic rings. The Hall–Kier alpha value is -2.09. The molecule has 1 aromatic carbocycles. The van der Waals surface area contributed by atoms with Gasteiger partial charge >= 0.3 is 11.7 Å². The SMILES string of the molecule is Cn1c(=O)n(C(CCC(N)=O)C(=O)O)c2cc(Br)ccc21. The Bertz CT molecular complexity index is 778. The van der Waals surface area contributed by atoms with Crippen LogP contribution in [-0.4, -0.2) is 26.1 Å². The number of imidazole rings is 1. The Kier molecular flexibility index (Phi) is 4.17.